The molecule has 1 fully saturated rings. The zero-order valence-corrected chi connectivity index (χ0v) is 14.7. The van der Waals surface area contributed by atoms with E-state index in [4.69, 9.17) is 0 Å². The SMILES string of the molecule is Cc1nc(Cc2ccccc2)sc1CC(=O)N1CCC(C)CC1. The summed E-state index contributed by atoms with van der Waals surface area (Å²) in [6.45, 7) is 6.11. The zero-order chi connectivity index (χ0) is 16.2. The van der Waals surface area contributed by atoms with Crippen LogP contribution in [0.25, 0.3) is 0 Å². The quantitative estimate of drug-likeness (QED) is 0.854. The summed E-state index contributed by atoms with van der Waals surface area (Å²) in [7, 11) is 0. The summed E-state index contributed by atoms with van der Waals surface area (Å²) in [6.07, 6.45) is 3.62. The second-order valence-electron chi connectivity index (χ2n) is 6.52. The van der Waals surface area contributed by atoms with Crippen LogP contribution in [0, 0.1) is 12.8 Å². The number of hydrogen-bond acceptors (Lipinski definition) is 3. The highest BCUT2D eigenvalue weighted by Crippen LogP contribution is 2.23. The fourth-order valence-electron chi connectivity index (χ4n) is 3.01. The van der Waals surface area contributed by atoms with Crippen molar-refractivity contribution in [2.75, 3.05) is 13.1 Å². The first-order chi connectivity index (χ1) is 11.1. The summed E-state index contributed by atoms with van der Waals surface area (Å²) < 4.78 is 0. The molecule has 1 aromatic carbocycles. The Kier molecular flexibility index (Phi) is 5.11. The number of hydrogen-bond donors (Lipinski definition) is 0. The first-order valence-electron chi connectivity index (χ1n) is 8.38. The van der Waals surface area contributed by atoms with Gasteiger partial charge < -0.3 is 4.90 Å². The molecule has 0 unspecified atom stereocenters. The Bertz CT molecular complexity index is 657. The number of amides is 1. The standard InChI is InChI=1S/C19H24N2OS/c1-14-8-10-21(11-9-14)19(22)13-17-15(2)20-18(23-17)12-16-6-4-3-5-7-16/h3-7,14H,8-13H2,1-2H3. The Balaban J connectivity index is 1.63. The second kappa shape index (κ2) is 7.26. The highest BCUT2D eigenvalue weighted by Gasteiger charge is 2.22. The summed E-state index contributed by atoms with van der Waals surface area (Å²) in [5.74, 6) is 1.01. The lowest BCUT2D eigenvalue weighted by atomic mass is 9.99. The number of carbonyl (C=O) groups is 1. The largest absolute Gasteiger partial charge is 0.342 e. The molecule has 4 heteroatoms. The van der Waals surface area contributed by atoms with Gasteiger partial charge in [-0.3, -0.25) is 4.79 Å². The monoisotopic (exact) mass is 328 g/mol. The molecular formula is C19H24N2OS. The summed E-state index contributed by atoms with van der Waals surface area (Å²) >= 11 is 1.69. The van der Waals surface area contributed by atoms with Gasteiger partial charge in [0, 0.05) is 24.4 Å². The normalized spacial score (nSPS) is 15.8. The number of piperidine rings is 1. The van der Waals surface area contributed by atoms with E-state index < -0.39 is 0 Å². The van der Waals surface area contributed by atoms with Gasteiger partial charge in [0.1, 0.15) is 0 Å². The number of likely N-dealkylation sites (tertiary alicyclic amines) is 1. The van der Waals surface area contributed by atoms with Crippen molar-refractivity contribution >= 4 is 17.2 Å². The van der Waals surface area contributed by atoms with Gasteiger partial charge in [0.25, 0.3) is 0 Å². The maximum Gasteiger partial charge on any atom is 0.227 e. The van der Waals surface area contributed by atoms with Crippen LogP contribution in [0.3, 0.4) is 0 Å². The van der Waals surface area contributed by atoms with Gasteiger partial charge in [-0.25, -0.2) is 4.98 Å². The van der Waals surface area contributed by atoms with Gasteiger partial charge >= 0.3 is 0 Å². The van der Waals surface area contributed by atoms with Crippen LogP contribution in [0.4, 0.5) is 0 Å². The summed E-state index contributed by atoms with van der Waals surface area (Å²) in [6, 6.07) is 10.4. The first kappa shape index (κ1) is 16.2. The molecule has 2 aromatic rings. The predicted octanol–water partition coefficient (Wildman–Crippen LogP) is 3.84. The maximum atomic E-state index is 12.5. The molecule has 0 aliphatic carbocycles. The Morgan fingerprint density at radius 1 is 1.26 bits per heavy atom. The van der Waals surface area contributed by atoms with E-state index >= 15 is 0 Å². The molecule has 2 heterocycles. The molecule has 0 saturated carbocycles. The van der Waals surface area contributed by atoms with Crippen molar-refractivity contribution in [3.8, 4) is 0 Å². The van der Waals surface area contributed by atoms with Crippen molar-refractivity contribution < 1.29 is 4.79 Å². The Morgan fingerprint density at radius 3 is 2.65 bits per heavy atom. The fraction of sp³-hybridized carbons (Fsp3) is 0.474. The summed E-state index contributed by atoms with van der Waals surface area (Å²) in [4.78, 5) is 20.3. The number of rotatable bonds is 4. The smallest absolute Gasteiger partial charge is 0.227 e. The molecule has 1 aromatic heterocycles. The number of benzene rings is 1. The number of aromatic nitrogens is 1. The van der Waals surface area contributed by atoms with Crippen LogP contribution in [0.1, 0.15) is 40.9 Å². The zero-order valence-electron chi connectivity index (χ0n) is 13.9. The van der Waals surface area contributed by atoms with Gasteiger partial charge in [-0.1, -0.05) is 37.3 Å². The lowest BCUT2D eigenvalue weighted by Gasteiger charge is -2.30. The third-order valence-corrected chi connectivity index (χ3v) is 5.74. The summed E-state index contributed by atoms with van der Waals surface area (Å²) in [5, 5.41) is 1.10. The minimum atomic E-state index is 0.259. The lowest BCUT2D eigenvalue weighted by Crippen LogP contribution is -2.38. The van der Waals surface area contributed by atoms with Crippen molar-refractivity contribution in [1.29, 1.82) is 0 Å². The van der Waals surface area contributed by atoms with Crippen LogP contribution >= 0.6 is 11.3 Å². The average molecular weight is 328 g/mol. The molecule has 1 aliphatic rings. The van der Waals surface area contributed by atoms with Crippen LogP contribution in [0.2, 0.25) is 0 Å². The molecule has 3 rings (SSSR count). The lowest BCUT2D eigenvalue weighted by molar-refractivity contribution is -0.131. The van der Waals surface area contributed by atoms with Gasteiger partial charge in [0.15, 0.2) is 0 Å². The molecule has 23 heavy (non-hydrogen) atoms. The van der Waals surface area contributed by atoms with Crippen LogP contribution in [-0.2, 0) is 17.6 Å². The number of aryl methyl sites for hydroxylation is 1. The molecule has 1 aliphatic heterocycles. The van der Waals surface area contributed by atoms with Crippen LogP contribution in [-0.4, -0.2) is 28.9 Å². The topological polar surface area (TPSA) is 33.2 Å². The van der Waals surface area contributed by atoms with Crippen molar-refractivity contribution in [2.45, 2.75) is 39.5 Å². The Labute approximate surface area is 142 Å². The first-order valence-corrected chi connectivity index (χ1v) is 9.20. The van der Waals surface area contributed by atoms with E-state index in [1.54, 1.807) is 11.3 Å². The van der Waals surface area contributed by atoms with E-state index in [1.807, 2.05) is 17.9 Å². The Morgan fingerprint density at radius 2 is 1.96 bits per heavy atom. The van der Waals surface area contributed by atoms with Gasteiger partial charge in [-0.05, 0) is 31.2 Å². The number of nitrogens with zero attached hydrogens (tertiary/aromatic N) is 2. The van der Waals surface area contributed by atoms with E-state index in [9.17, 15) is 4.79 Å². The van der Waals surface area contributed by atoms with Crippen molar-refractivity contribution in [3.63, 3.8) is 0 Å². The average Bonchev–Trinajstić information content (AvgIpc) is 2.88. The molecule has 122 valence electrons. The van der Waals surface area contributed by atoms with Crippen molar-refractivity contribution in [3.05, 3.63) is 51.5 Å². The van der Waals surface area contributed by atoms with Gasteiger partial charge in [-0.2, -0.15) is 0 Å². The maximum absolute atomic E-state index is 12.5. The van der Waals surface area contributed by atoms with E-state index in [0.29, 0.717) is 6.42 Å². The van der Waals surface area contributed by atoms with Gasteiger partial charge in [-0.15, -0.1) is 11.3 Å². The molecule has 0 spiro atoms. The van der Waals surface area contributed by atoms with E-state index in [1.165, 1.54) is 5.56 Å². The minimum Gasteiger partial charge on any atom is -0.342 e. The third kappa shape index (κ3) is 4.20. The number of carbonyl (C=O) groups excluding carboxylic acids is 1. The van der Waals surface area contributed by atoms with Crippen LogP contribution in [0.5, 0.6) is 0 Å². The highest BCUT2D eigenvalue weighted by molar-refractivity contribution is 7.11. The Hall–Kier alpha value is -1.68. The second-order valence-corrected chi connectivity index (χ2v) is 7.69. The van der Waals surface area contributed by atoms with E-state index in [-0.39, 0.29) is 5.91 Å². The molecule has 0 bridgehead atoms. The molecule has 0 atom stereocenters. The molecule has 1 saturated heterocycles. The highest BCUT2D eigenvalue weighted by atomic mass is 32.1. The molecule has 3 nitrogen and oxygen atoms in total. The van der Waals surface area contributed by atoms with Crippen molar-refractivity contribution in [2.24, 2.45) is 5.92 Å². The van der Waals surface area contributed by atoms with E-state index in [0.717, 1.165) is 53.8 Å². The van der Waals surface area contributed by atoms with Crippen molar-refractivity contribution in [1.82, 2.24) is 9.88 Å². The number of thiazole rings is 1. The minimum absolute atomic E-state index is 0.259. The predicted molar refractivity (Wildman–Crippen MR) is 94.8 cm³/mol. The van der Waals surface area contributed by atoms with Gasteiger partial charge in [0.05, 0.1) is 17.1 Å². The van der Waals surface area contributed by atoms with Crippen LogP contribution in [0.15, 0.2) is 30.3 Å². The van der Waals surface area contributed by atoms with Gasteiger partial charge in [0.2, 0.25) is 5.91 Å². The van der Waals surface area contributed by atoms with E-state index in [2.05, 4.69) is 36.2 Å². The summed E-state index contributed by atoms with van der Waals surface area (Å²) in [5.41, 5.74) is 2.28. The third-order valence-electron chi connectivity index (χ3n) is 4.58. The van der Waals surface area contributed by atoms with Crippen LogP contribution < -0.4 is 0 Å². The molecule has 1 amide bonds. The molecular weight excluding hydrogens is 304 g/mol. The fourth-order valence-corrected chi connectivity index (χ4v) is 4.10. The molecule has 0 radical (unpaired) electrons. The molecule has 0 N–H and O–H groups in total.